The van der Waals surface area contributed by atoms with Gasteiger partial charge in [0.25, 0.3) is 0 Å². The summed E-state index contributed by atoms with van der Waals surface area (Å²) >= 11 is 3.43. The lowest BCUT2D eigenvalue weighted by Crippen LogP contribution is -2.13. The molecule has 18 heavy (non-hydrogen) atoms. The molecule has 1 atom stereocenters. The Balaban J connectivity index is 2.23. The van der Waals surface area contributed by atoms with Crippen LogP contribution in [-0.4, -0.2) is 14.1 Å². The summed E-state index contributed by atoms with van der Waals surface area (Å²) in [5.41, 5.74) is 9.69. The van der Waals surface area contributed by atoms with Crippen molar-refractivity contribution < 1.29 is 0 Å². The van der Waals surface area contributed by atoms with Gasteiger partial charge in [0.05, 0.1) is 6.04 Å². The average molecular weight is 305 g/mol. The summed E-state index contributed by atoms with van der Waals surface area (Å²) in [6.07, 6.45) is 0. The fraction of sp³-hybridized carbons (Fsp3) is 0.200. The molecule has 0 saturated carbocycles. The van der Waals surface area contributed by atoms with Gasteiger partial charge < -0.3 is 10.6 Å². The standard InChI is InChI=1S/C15H17BrN2/c1-18(2)14-9-5-12(6-10-14)15(17)11-3-7-13(16)8-4-11/h3-10,15H,17H2,1-2H3. The molecule has 0 heterocycles. The lowest BCUT2D eigenvalue weighted by atomic mass is 9.99. The Morgan fingerprint density at radius 1 is 0.889 bits per heavy atom. The Bertz CT molecular complexity index is 503. The predicted molar refractivity (Wildman–Crippen MR) is 80.9 cm³/mol. The fourth-order valence-corrected chi connectivity index (χ4v) is 2.11. The summed E-state index contributed by atoms with van der Waals surface area (Å²) in [5.74, 6) is 0. The molecule has 2 nitrogen and oxygen atoms in total. The molecule has 0 aliphatic heterocycles. The van der Waals surface area contributed by atoms with Gasteiger partial charge in [-0.15, -0.1) is 0 Å². The third-order valence-electron chi connectivity index (χ3n) is 3.00. The van der Waals surface area contributed by atoms with Crippen LogP contribution in [-0.2, 0) is 0 Å². The maximum Gasteiger partial charge on any atom is 0.0551 e. The molecule has 0 aliphatic carbocycles. The smallest absolute Gasteiger partial charge is 0.0551 e. The van der Waals surface area contributed by atoms with Crippen LogP contribution in [0.2, 0.25) is 0 Å². The fourth-order valence-electron chi connectivity index (χ4n) is 1.84. The zero-order valence-corrected chi connectivity index (χ0v) is 12.2. The lowest BCUT2D eigenvalue weighted by Gasteiger charge is -2.16. The van der Waals surface area contributed by atoms with E-state index in [1.807, 2.05) is 26.2 Å². The number of nitrogens with two attached hydrogens (primary N) is 1. The van der Waals surface area contributed by atoms with Crippen LogP contribution in [0.15, 0.2) is 53.0 Å². The molecule has 0 amide bonds. The van der Waals surface area contributed by atoms with Crippen LogP contribution in [0.5, 0.6) is 0 Å². The van der Waals surface area contributed by atoms with Crippen molar-refractivity contribution >= 4 is 21.6 Å². The Kier molecular flexibility index (Phi) is 4.04. The van der Waals surface area contributed by atoms with Gasteiger partial charge >= 0.3 is 0 Å². The van der Waals surface area contributed by atoms with Crippen LogP contribution in [0.4, 0.5) is 5.69 Å². The van der Waals surface area contributed by atoms with Gasteiger partial charge in [0, 0.05) is 24.3 Å². The van der Waals surface area contributed by atoms with Crippen LogP contribution >= 0.6 is 15.9 Å². The van der Waals surface area contributed by atoms with Gasteiger partial charge in [-0.2, -0.15) is 0 Å². The molecular weight excluding hydrogens is 288 g/mol. The molecule has 0 radical (unpaired) electrons. The minimum absolute atomic E-state index is 0.0747. The first-order valence-corrected chi connectivity index (χ1v) is 6.65. The molecule has 0 aliphatic rings. The summed E-state index contributed by atoms with van der Waals surface area (Å²) in [4.78, 5) is 2.08. The Hall–Kier alpha value is -1.32. The second kappa shape index (κ2) is 5.55. The maximum absolute atomic E-state index is 6.26. The topological polar surface area (TPSA) is 29.3 Å². The first-order chi connectivity index (χ1) is 8.58. The zero-order chi connectivity index (χ0) is 13.1. The van der Waals surface area contributed by atoms with E-state index in [1.54, 1.807) is 0 Å². The molecule has 1 unspecified atom stereocenters. The molecule has 0 saturated heterocycles. The van der Waals surface area contributed by atoms with Crippen molar-refractivity contribution in [3.63, 3.8) is 0 Å². The van der Waals surface area contributed by atoms with Gasteiger partial charge in [-0.05, 0) is 35.4 Å². The number of hydrogen-bond donors (Lipinski definition) is 1. The van der Waals surface area contributed by atoms with E-state index in [0.29, 0.717) is 0 Å². The predicted octanol–water partition coefficient (Wildman–Crippen LogP) is 3.56. The van der Waals surface area contributed by atoms with Crippen LogP contribution in [0, 0.1) is 0 Å². The maximum atomic E-state index is 6.26. The molecule has 2 N–H and O–H groups in total. The van der Waals surface area contributed by atoms with Gasteiger partial charge in [0.2, 0.25) is 0 Å². The molecule has 2 aromatic carbocycles. The van der Waals surface area contributed by atoms with Crippen molar-refractivity contribution in [2.75, 3.05) is 19.0 Å². The van der Waals surface area contributed by atoms with Crippen molar-refractivity contribution in [1.29, 1.82) is 0 Å². The molecule has 2 rings (SSSR count). The summed E-state index contributed by atoms with van der Waals surface area (Å²) in [6, 6.07) is 16.4. The molecular formula is C15H17BrN2. The molecule has 2 aromatic rings. The van der Waals surface area contributed by atoms with E-state index in [0.717, 1.165) is 15.6 Å². The highest BCUT2D eigenvalue weighted by Gasteiger charge is 2.08. The molecule has 0 spiro atoms. The molecule has 0 bridgehead atoms. The van der Waals surface area contributed by atoms with Gasteiger partial charge in [0.15, 0.2) is 0 Å². The number of benzene rings is 2. The number of halogens is 1. The highest BCUT2D eigenvalue weighted by molar-refractivity contribution is 9.10. The number of rotatable bonds is 3. The third kappa shape index (κ3) is 2.92. The van der Waals surface area contributed by atoms with E-state index in [1.165, 1.54) is 5.69 Å². The normalized spacial score (nSPS) is 12.2. The minimum Gasteiger partial charge on any atom is -0.378 e. The molecule has 0 aromatic heterocycles. The van der Waals surface area contributed by atoms with Crippen LogP contribution in [0.1, 0.15) is 17.2 Å². The Labute approximate surface area is 117 Å². The monoisotopic (exact) mass is 304 g/mol. The lowest BCUT2D eigenvalue weighted by molar-refractivity contribution is 0.870. The quantitative estimate of drug-likeness (QED) is 0.939. The summed E-state index contributed by atoms with van der Waals surface area (Å²) in [6.45, 7) is 0. The van der Waals surface area contributed by atoms with E-state index in [9.17, 15) is 0 Å². The third-order valence-corrected chi connectivity index (χ3v) is 3.53. The van der Waals surface area contributed by atoms with E-state index in [2.05, 4.69) is 57.2 Å². The SMILES string of the molecule is CN(C)c1ccc(C(N)c2ccc(Br)cc2)cc1. The molecule has 94 valence electrons. The second-order valence-corrected chi connectivity index (χ2v) is 5.43. The van der Waals surface area contributed by atoms with Crippen molar-refractivity contribution in [2.24, 2.45) is 5.73 Å². The van der Waals surface area contributed by atoms with Gasteiger partial charge in [-0.1, -0.05) is 40.2 Å². The van der Waals surface area contributed by atoms with E-state index >= 15 is 0 Å². The van der Waals surface area contributed by atoms with Gasteiger partial charge in [-0.3, -0.25) is 0 Å². The Morgan fingerprint density at radius 3 is 1.78 bits per heavy atom. The van der Waals surface area contributed by atoms with Crippen molar-refractivity contribution in [1.82, 2.24) is 0 Å². The average Bonchev–Trinajstić information content (AvgIpc) is 2.39. The highest BCUT2D eigenvalue weighted by atomic mass is 79.9. The van der Waals surface area contributed by atoms with Crippen molar-refractivity contribution in [3.05, 3.63) is 64.1 Å². The molecule has 0 fully saturated rings. The van der Waals surface area contributed by atoms with Gasteiger partial charge in [-0.25, -0.2) is 0 Å². The minimum atomic E-state index is -0.0747. The van der Waals surface area contributed by atoms with Crippen LogP contribution < -0.4 is 10.6 Å². The van der Waals surface area contributed by atoms with E-state index in [4.69, 9.17) is 5.73 Å². The summed E-state index contributed by atoms with van der Waals surface area (Å²) < 4.78 is 1.07. The summed E-state index contributed by atoms with van der Waals surface area (Å²) in [7, 11) is 4.06. The largest absolute Gasteiger partial charge is 0.378 e. The number of anilines is 1. The molecule has 3 heteroatoms. The van der Waals surface area contributed by atoms with E-state index in [-0.39, 0.29) is 6.04 Å². The number of hydrogen-bond acceptors (Lipinski definition) is 2. The first kappa shape index (κ1) is 13.1. The first-order valence-electron chi connectivity index (χ1n) is 5.86. The van der Waals surface area contributed by atoms with Gasteiger partial charge in [0.1, 0.15) is 0 Å². The summed E-state index contributed by atoms with van der Waals surface area (Å²) in [5, 5.41) is 0. The zero-order valence-electron chi connectivity index (χ0n) is 10.6. The second-order valence-electron chi connectivity index (χ2n) is 4.52. The Morgan fingerprint density at radius 2 is 1.33 bits per heavy atom. The van der Waals surface area contributed by atoms with Crippen molar-refractivity contribution in [2.45, 2.75) is 6.04 Å². The van der Waals surface area contributed by atoms with E-state index < -0.39 is 0 Å². The van der Waals surface area contributed by atoms with Crippen molar-refractivity contribution in [3.8, 4) is 0 Å². The highest BCUT2D eigenvalue weighted by Crippen LogP contribution is 2.23. The van der Waals surface area contributed by atoms with Crippen LogP contribution in [0.25, 0.3) is 0 Å². The number of nitrogens with zero attached hydrogens (tertiary/aromatic N) is 1. The van der Waals surface area contributed by atoms with Crippen LogP contribution in [0.3, 0.4) is 0 Å².